The maximum Gasteiger partial charge on any atom is 0.144 e. The summed E-state index contributed by atoms with van der Waals surface area (Å²) in [6, 6.07) is 14.9. The van der Waals surface area contributed by atoms with E-state index in [2.05, 4.69) is 42.2 Å². The number of benzene rings is 2. The number of para-hydroxylation sites is 2. The fourth-order valence-electron chi connectivity index (χ4n) is 2.96. The molecule has 3 rings (SSSR count). The molecule has 1 aliphatic rings. The second kappa shape index (κ2) is 5.08. The van der Waals surface area contributed by atoms with Crippen molar-refractivity contribution in [2.75, 3.05) is 17.2 Å². The van der Waals surface area contributed by atoms with Crippen molar-refractivity contribution < 1.29 is 4.74 Å². The molecule has 0 saturated carbocycles. The number of nitrogens with zero attached hydrogens (tertiary/aromatic N) is 1. The van der Waals surface area contributed by atoms with Crippen molar-refractivity contribution in [1.29, 1.82) is 0 Å². The average Bonchev–Trinajstić information content (AvgIpc) is 2.77. The first-order valence-corrected chi connectivity index (χ1v) is 7.10. The standard InChI is InChI=1S/C17H20N2O/c1-3-20-16-10-6-9-15(17(16)18)19-12(2)11-13-7-4-5-8-14(13)19/h4-10,12H,3,11,18H2,1-2H3. The molecular formula is C17H20N2O. The van der Waals surface area contributed by atoms with Crippen molar-refractivity contribution in [2.24, 2.45) is 0 Å². The number of ether oxygens (including phenoxy) is 1. The molecule has 0 radical (unpaired) electrons. The molecule has 0 spiro atoms. The van der Waals surface area contributed by atoms with Gasteiger partial charge in [-0.25, -0.2) is 0 Å². The molecule has 2 N–H and O–H groups in total. The van der Waals surface area contributed by atoms with Crippen molar-refractivity contribution in [3.05, 3.63) is 48.0 Å². The van der Waals surface area contributed by atoms with Crippen LogP contribution in [0.15, 0.2) is 42.5 Å². The van der Waals surface area contributed by atoms with Gasteiger partial charge in [0, 0.05) is 11.7 Å². The third-order valence-electron chi connectivity index (χ3n) is 3.81. The Labute approximate surface area is 120 Å². The molecule has 0 fully saturated rings. The Balaban J connectivity index is 2.07. The molecule has 1 aliphatic heterocycles. The molecule has 0 aromatic heterocycles. The van der Waals surface area contributed by atoms with Crippen LogP contribution < -0.4 is 15.4 Å². The van der Waals surface area contributed by atoms with E-state index in [-0.39, 0.29) is 0 Å². The summed E-state index contributed by atoms with van der Waals surface area (Å²) in [5.74, 6) is 0.765. The number of rotatable bonds is 3. The molecule has 3 heteroatoms. The predicted octanol–water partition coefficient (Wildman–Crippen LogP) is 3.75. The van der Waals surface area contributed by atoms with Crippen LogP contribution in [0.3, 0.4) is 0 Å². The van der Waals surface area contributed by atoms with Crippen LogP contribution in [0.25, 0.3) is 0 Å². The van der Waals surface area contributed by atoms with E-state index >= 15 is 0 Å². The first-order chi connectivity index (χ1) is 9.72. The highest BCUT2D eigenvalue weighted by Crippen LogP contribution is 2.43. The van der Waals surface area contributed by atoms with Gasteiger partial charge in [-0.15, -0.1) is 0 Å². The zero-order valence-corrected chi connectivity index (χ0v) is 12.0. The summed E-state index contributed by atoms with van der Waals surface area (Å²) in [4.78, 5) is 2.31. The SMILES string of the molecule is CCOc1cccc(N2c3ccccc3CC2C)c1N. The second-order valence-corrected chi connectivity index (χ2v) is 5.17. The lowest BCUT2D eigenvalue weighted by atomic mass is 10.1. The van der Waals surface area contributed by atoms with Crippen molar-refractivity contribution in [2.45, 2.75) is 26.3 Å². The van der Waals surface area contributed by atoms with E-state index < -0.39 is 0 Å². The Hall–Kier alpha value is -2.16. The van der Waals surface area contributed by atoms with Crippen molar-refractivity contribution in [1.82, 2.24) is 0 Å². The Morgan fingerprint density at radius 2 is 1.90 bits per heavy atom. The molecule has 0 bridgehead atoms. The monoisotopic (exact) mass is 268 g/mol. The van der Waals surface area contributed by atoms with Crippen LogP contribution in [0.4, 0.5) is 17.1 Å². The van der Waals surface area contributed by atoms with Crippen LogP contribution in [-0.2, 0) is 6.42 Å². The highest BCUT2D eigenvalue weighted by atomic mass is 16.5. The predicted molar refractivity (Wildman–Crippen MR) is 83.8 cm³/mol. The van der Waals surface area contributed by atoms with E-state index in [0.29, 0.717) is 12.6 Å². The van der Waals surface area contributed by atoms with Gasteiger partial charge in [0.05, 0.1) is 18.0 Å². The third-order valence-corrected chi connectivity index (χ3v) is 3.81. The molecule has 2 aromatic carbocycles. The van der Waals surface area contributed by atoms with Gasteiger partial charge in [-0.3, -0.25) is 0 Å². The Kier molecular flexibility index (Phi) is 3.26. The minimum atomic E-state index is 0.409. The zero-order valence-electron chi connectivity index (χ0n) is 12.0. The third kappa shape index (κ3) is 1.99. The van der Waals surface area contributed by atoms with Gasteiger partial charge < -0.3 is 15.4 Å². The van der Waals surface area contributed by atoms with E-state index in [1.807, 2.05) is 19.1 Å². The number of hydrogen-bond donors (Lipinski definition) is 1. The maximum absolute atomic E-state index is 6.30. The van der Waals surface area contributed by atoms with Gasteiger partial charge in [0.2, 0.25) is 0 Å². The molecular weight excluding hydrogens is 248 g/mol. The number of hydrogen-bond acceptors (Lipinski definition) is 3. The fraction of sp³-hybridized carbons (Fsp3) is 0.294. The number of nitrogens with two attached hydrogens (primary N) is 1. The summed E-state index contributed by atoms with van der Waals surface area (Å²) in [6.07, 6.45) is 1.05. The molecule has 3 nitrogen and oxygen atoms in total. The maximum atomic E-state index is 6.30. The summed E-state index contributed by atoms with van der Waals surface area (Å²) >= 11 is 0. The van der Waals surface area contributed by atoms with Gasteiger partial charge in [0.1, 0.15) is 5.75 Å². The highest BCUT2D eigenvalue weighted by Gasteiger charge is 2.28. The quantitative estimate of drug-likeness (QED) is 0.862. The minimum absolute atomic E-state index is 0.409. The van der Waals surface area contributed by atoms with Crippen LogP contribution in [-0.4, -0.2) is 12.6 Å². The van der Waals surface area contributed by atoms with Gasteiger partial charge in [0.25, 0.3) is 0 Å². The number of anilines is 3. The topological polar surface area (TPSA) is 38.5 Å². The van der Waals surface area contributed by atoms with Crippen LogP contribution in [0.5, 0.6) is 5.75 Å². The number of nitrogen functional groups attached to an aromatic ring is 1. The van der Waals surface area contributed by atoms with Crippen LogP contribution in [0.2, 0.25) is 0 Å². The van der Waals surface area contributed by atoms with Crippen LogP contribution in [0.1, 0.15) is 19.4 Å². The molecule has 1 unspecified atom stereocenters. The van der Waals surface area contributed by atoms with E-state index in [4.69, 9.17) is 10.5 Å². The largest absolute Gasteiger partial charge is 0.492 e. The van der Waals surface area contributed by atoms with Gasteiger partial charge in [-0.2, -0.15) is 0 Å². The lowest BCUT2D eigenvalue weighted by Crippen LogP contribution is -2.24. The molecule has 0 aliphatic carbocycles. The summed E-state index contributed by atoms with van der Waals surface area (Å²) < 4.78 is 5.61. The Morgan fingerprint density at radius 1 is 1.15 bits per heavy atom. The van der Waals surface area contributed by atoms with Crippen molar-refractivity contribution in [3.63, 3.8) is 0 Å². The first kappa shape index (κ1) is 12.9. The molecule has 1 heterocycles. The van der Waals surface area contributed by atoms with E-state index in [1.54, 1.807) is 0 Å². The highest BCUT2D eigenvalue weighted by molar-refractivity contribution is 5.82. The van der Waals surface area contributed by atoms with Crippen molar-refractivity contribution in [3.8, 4) is 5.75 Å². The van der Waals surface area contributed by atoms with E-state index in [0.717, 1.165) is 23.5 Å². The molecule has 2 aromatic rings. The summed E-state index contributed by atoms with van der Waals surface area (Å²) in [6.45, 7) is 4.83. The molecule has 0 saturated heterocycles. The summed E-state index contributed by atoms with van der Waals surface area (Å²) in [7, 11) is 0. The van der Waals surface area contributed by atoms with Gasteiger partial charge >= 0.3 is 0 Å². The minimum Gasteiger partial charge on any atom is -0.492 e. The second-order valence-electron chi connectivity index (χ2n) is 5.17. The average molecular weight is 268 g/mol. The first-order valence-electron chi connectivity index (χ1n) is 7.10. The molecule has 0 amide bonds. The smallest absolute Gasteiger partial charge is 0.144 e. The van der Waals surface area contributed by atoms with E-state index in [9.17, 15) is 0 Å². The number of fused-ring (bicyclic) bond motifs is 1. The van der Waals surface area contributed by atoms with Crippen LogP contribution in [0, 0.1) is 0 Å². The fourth-order valence-corrected chi connectivity index (χ4v) is 2.96. The summed E-state index contributed by atoms with van der Waals surface area (Å²) in [5.41, 5.74) is 10.7. The van der Waals surface area contributed by atoms with Crippen LogP contribution >= 0.6 is 0 Å². The van der Waals surface area contributed by atoms with E-state index in [1.165, 1.54) is 11.3 Å². The van der Waals surface area contributed by atoms with Gasteiger partial charge in [-0.05, 0) is 44.0 Å². The Bertz CT molecular complexity index is 624. The Morgan fingerprint density at radius 3 is 2.70 bits per heavy atom. The lowest BCUT2D eigenvalue weighted by molar-refractivity contribution is 0.342. The van der Waals surface area contributed by atoms with Gasteiger partial charge in [-0.1, -0.05) is 24.3 Å². The van der Waals surface area contributed by atoms with Gasteiger partial charge in [0.15, 0.2) is 0 Å². The normalized spacial score (nSPS) is 17.1. The molecule has 1 atom stereocenters. The molecule has 104 valence electrons. The lowest BCUT2D eigenvalue weighted by Gasteiger charge is -2.27. The summed E-state index contributed by atoms with van der Waals surface area (Å²) in [5, 5.41) is 0. The zero-order chi connectivity index (χ0) is 14.1. The van der Waals surface area contributed by atoms with Crippen molar-refractivity contribution >= 4 is 17.1 Å². The molecule has 20 heavy (non-hydrogen) atoms.